The second kappa shape index (κ2) is 9.40. The molecule has 0 aliphatic heterocycles. The highest BCUT2D eigenvalue weighted by Crippen LogP contribution is 2.34. The zero-order chi connectivity index (χ0) is 21.6. The molecule has 1 atom stereocenters. The lowest BCUT2D eigenvalue weighted by Gasteiger charge is -2.27. The molecule has 0 spiro atoms. The number of aliphatic carboxylic acids is 1. The smallest absolute Gasteiger partial charge is 0.310 e. The van der Waals surface area contributed by atoms with E-state index in [9.17, 15) is 14.7 Å². The van der Waals surface area contributed by atoms with E-state index < -0.39 is 11.4 Å². The van der Waals surface area contributed by atoms with E-state index in [0.717, 1.165) is 16.7 Å². The van der Waals surface area contributed by atoms with Crippen LogP contribution in [-0.2, 0) is 11.2 Å². The normalized spacial score (nSPS) is 12.8. The third kappa shape index (κ3) is 4.95. The Labute approximate surface area is 177 Å². The number of benzene rings is 3. The Morgan fingerprint density at radius 1 is 0.867 bits per heavy atom. The summed E-state index contributed by atoms with van der Waals surface area (Å²) in [5.74, 6) is -1.05. The van der Waals surface area contributed by atoms with Gasteiger partial charge in [-0.1, -0.05) is 73.7 Å². The molecule has 0 aliphatic carbocycles. The molecule has 1 unspecified atom stereocenters. The fourth-order valence-electron chi connectivity index (χ4n) is 3.69. The highest BCUT2D eigenvalue weighted by Gasteiger charge is 2.38. The number of rotatable bonds is 9. The molecule has 0 radical (unpaired) electrons. The summed E-state index contributed by atoms with van der Waals surface area (Å²) in [4.78, 5) is 25.1. The number of carboxylic acids is 1. The van der Waals surface area contributed by atoms with Crippen LogP contribution in [0.1, 0.15) is 42.1 Å². The first-order chi connectivity index (χ1) is 14.4. The molecule has 0 fully saturated rings. The number of hydrogen-bond acceptors (Lipinski definition) is 3. The van der Waals surface area contributed by atoms with Gasteiger partial charge in [0, 0.05) is 17.7 Å². The highest BCUT2D eigenvalue weighted by atomic mass is 16.4. The quantitative estimate of drug-likeness (QED) is 0.360. The third-order valence-corrected chi connectivity index (χ3v) is 5.82. The van der Waals surface area contributed by atoms with Gasteiger partial charge in [0.15, 0.2) is 5.78 Å². The van der Waals surface area contributed by atoms with Crippen LogP contribution in [-0.4, -0.2) is 16.9 Å². The first kappa shape index (κ1) is 21.3. The minimum absolute atomic E-state index is 0.00706. The lowest BCUT2D eigenvalue weighted by Crippen LogP contribution is -2.33. The van der Waals surface area contributed by atoms with Crippen molar-refractivity contribution < 1.29 is 14.7 Å². The second-order valence-corrected chi connectivity index (χ2v) is 7.72. The molecular weight excluding hydrogens is 374 g/mol. The molecule has 0 aliphatic rings. The number of ketones is 1. The van der Waals surface area contributed by atoms with Crippen LogP contribution in [0.25, 0.3) is 11.1 Å². The molecule has 3 N–H and O–H groups in total. The number of anilines is 1. The molecule has 0 amide bonds. The predicted molar refractivity (Wildman–Crippen MR) is 120 cm³/mol. The molecule has 0 bridgehead atoms. The molecule has 3 rings (SSSR count). The summed E-state index contributed by atoms with van der Waals surface area (Å²) in [6, 6.07) is 24.6. The van der Waals surface area contributed by atoms with Crippen molar-refractivity contribution in [2.75, 3.05) is 5.73 Å². The monoisotopic (exact) mass is 401 g/mol. The maximum Gasteiger partial charge on any atom is 0.310 e. The standard InChI is InChI=1S/C26H27NO3/c1-2-26(25(29)30,17-16-19-6-4-3-5-7-19)18-24(28)22-10-8-20(9-11-22)21-12-14-23(27)15-13-21/h3-15H,2,16-18,27H2,1H3,(H,29,30). The maximum atomic E-state index is 12.9. The van der Waals surface area contributed by atoms with Gasteiger partial charge in [-0.2, -0.15) is 0 Å². The number of carboxylic acid groups (broad SMARTS) is 1. The summed E-state index contributed by atoms with van der Waals surface area (Å²) in [5, 5.41) is 9.95. The number of aryl methyl sites for hydroxylation is 1. The number of carbonyl (C=O) groups is 2. The fourth-order valence-corrected chi connectivity index (χ4v) is 3.69. The SMILES string of the molecule is CCC(CCc1ccccc1)(CC(=O)c1ccc(-c2ccc(N)cc2)cc1)C(=O)O. The van der Waals surface area contributed by atoms with Gasteiger partial charge in [0.05, 0.1) is 5.41 Å². The van der Waals surface area contributed by atoms with Gasteiger partial charge in [-0.3, -0.25) is 9.59 Å². The molecule has 154 valence electrons. The second-order valence-electron chi connectivity index (χ2n) is 7.72. The van der Waals surface area contributed by atoms with E-state index >= 15 is 0 Å². The molecule has 4 nitrogen and oxygen atoms in total. The van der Waals surface area contributed by atoms with Crippen molar-refractivity contribution in [2.24, 2.45) is 5.41 Å². The summed E-state index contributed by atoms with van der Waals surface area (Å²) >= 11 is 0. The lowest BCUT2D eigenvalue weighted by molar-refractivity contribution is -0.149. The predicted octanol–water partition coefficient (Wildman–Crippen LogP) is 5.62. The Morgan fingerprint density at radius 2 is 1.43 bits per heavy atom. The largest absolute Gasteiger partial charge is 0.481 e. The van der Waals surface area contributed by atoms with Gasteiger partial charge >= 0.3 is 5.97 Å². The zero-order valence-corrected chi connectivity index (χ0v) is 17.2. The van der Waals surface area contributed by atoms with Crippen LogP contribution in [0.2, 0.25) is 0 Å². The lowest BCUT2D eigenvalue weighted by atomic mass is 9.75. The van der Waals surface area contributed by atoms with Crippen LogP contribution in [0.3, 0.4) is 0 Å². The van der Waals surface area contributed by atoms with E-state index in [4.69, 9.17) is 5.73 Å². The maximum absolute atomic E-state index is 12.9. The van der Waals surface area contributed by atoms with Crippen molar-refractivity contribution in [3.8, 4) is 11.1 Å². The zero-order valence-electron chi connectivity index (χ0n) is 17.2. The molecular formula is C26H27NO3. The molecule has 4 heteroatoms. The van der Waals surface area contributed by atoms with Crippen molar-refractivity contribution >= 4 is 17.4 Å². The molecule has 0 saturated heterocycles. The number of Topliss-reactive ketones (excluding diaryl/α,β-unsaturated/α-hetero) is 1. The van der Waals surface area contributed by atoms with Gasteiger partial charge in [0.1, 0.15) is 0 Å². The van der Waals surface area contributed by atoms with Crippen LogP contribution in [0.15, 0.2) is 78.9 Å². The van der Waals surface area contributed by atoms with Crippen LogP contribution < -0.4 is 5.73 Å². The first-order valence-corrected chi connectivity index (χ1v) is 10.2. The Bertz CT molecular complexity index is 995. The van der Waals surface area contributed by atoms with Crippen molar-refractivity contribution in [1.29, 1.82) is 0 Å². The highest BCUT2D eigenvalue weighted by molar-refractivity contribution is 5.99. The topological polar surface area (TPSA) is 80.4 Å². The molecule has 30 heavy (non-hydrogen) atoms. The van der Waals surface area contributed by atoms with Crippen LogP contribution in [0.4, 0.5) is 5.69 Å². The van der Waals surface area contributed by atoms with Crippen molar-refractivity contribution in [2.45, 2.75) is 32.6 Å². The Balaban J connectivity index is 1.74. The van der Waals surface area contributed by atoms with E-state index in [1.165, 1.54) is 0 Å². The van der Waals surface area contributed by atoms with Crippen molar-refractivity contribution in [1.82, 2.24) is 0 Å². The minimum Gasteiger partial charge on any atom is -0.481 e. The van der Waals surface area contributed by atoms with E-state index in [0.29, 0.717) is 30.5 Å². The van der Waals surface area contributed by atoms with Gasteiger partial charge in [0.25, 0.3) is 0 Å². The molecule has 0 heterocycles. The Kier molecular flexibility index (Phi) is 6.68. The fraction of sp³-hybridized carbons (Fsp3) is 0.231. The molecule has 0 aromatic heterocycles. The minimum atomic E-state index is -1.07. The van der Waals surface area contributed by atoms with E-state index in [1.54, 1.807) is 12.1 Å². The van der Waals surface area contributed by atoms with E-state index in [1.807, 2.05) is 73.7 Å². The summed E-state index contributed by atoms with van der Waals surface area (Å²) in [6.07, 6.45) is 1.46. The van der Waals surface area contributed by atoms with Gasteiger partial charge < -0.3 is 10.8 Å². The summed E-state index contributed by atoms with van der Waals surface area (Å²) in [5.41, 5.74) is 8.98. The summed E-state index contributed by atoms with van der Waals surface area (Å²) in [7, 11) is 0. The van der Waals surface area contributed by atoms with Crippen LogP contribution in [0.5, 0.6) is 0 Å². The number of carbonyl (C=O) groups excluding carboxylic acids is 1. The van der Waals surface area contributed by atoms with Crippen LogP contribution in [0, 0.1) is 5.41 Å². The van der Waals surface area contributed by atoms with Gasteiger partial charge in [-0.05, 0) is 48.1 Å². The first-order valence-electron chi connectivity index (χ1n) is 10.2. The van der Waals surface area contributed by atoms with E-state index in [2.05, 4.69) is 0 Å². The van der Waals surface area contributed by atoms with Gasteiger partial charge in [-0.25, -0.2) is 0 Å². The Hall–Kier alpha value is -3.40. The molecule has 3 aromatic rings. The van der Waals surface area contributed by atoms with Crippen molar-refractivity contribution in [3.63, 3.8) is 0 Å². The average Bonchev–Trinajstić information content (AvgIpc) is 2.77. The van der Waals surface area contributed by atoms with Crippen LogP contribution >= 0.6 is 0 Å². The molecule has 0 saturated carbocycles. The van der Waals surface area contributed by atoms with Gasteiger partial charge in [0.2, 0.25) is 0 Å². The number of hydrogen-bond donors (Lipinski definition) is 2. The number of nitrogens with two attached hydrogens (primary N) is 1. The third-order valence-electron chi connectivity index (χ3n) is 5.82. The van der Waals surface area contributed by atoms with Crippen molar-refractivity contribution in [3.05, 3.63) is 90.0 Å². The van der Waals surface area contributed by atoms with E-state index in [-0.39, 0.29) is 12.2 Å². The average molecular weight is 402 g/mol. The van der Waals surface area contributed by atoms with Gasteiger partial charge in [-0.15, -0.1) is 0 Å². The number of nitrogen functional groups attached to an aromatic ring is 1. The molecule has 3 aromatic carbocycles. The Morgan fingerprint density at radius 3 is 1.97 bits per heavy atom. The summed E-state index contributed by atoms with van der Waals surface area (Å²) in [6.45, 7) is 1.84. The summed E-state index contributed by atoms with van der Waals surface area (Å²) < 4.78 is 0.